The molecule has 0 aliphatic carbocycles. The molecule has 2 N–H and O–H groups in total. The van der Waals surface area contributed by atoms with Gasteiger partial charge < -0.3 is 14.9 Å². The summed E-state index contributed by atoms with van der Waals surface area (Å²) < 4.78 is 4.86. The Bertz CT molecular complexity index is 3820. The van der Waals surface area contributed by atoms with Gasteiger partial charge >= 0.3 is 0 Å². The Labute approximate surface area is 364 Å². The summed E-state index contributed by atoms with van der Waals surface area (Å²) in [4.78, 5) is 10.2. The number of fused-ring (bicyclic) bond motifs is 10. The Balaban J connectivity index is 0.975. The van der Waals surface area contributed by atoms with Gasteiger partial charge in [0, 0.05) is 49.4 Å². The van der Waals surface area contributed by atoms with Gasteiger partial charge in [-0.1, -0.05) is 158 Å². The topological polar surface area (TPSA) is 60.6 Å². The van der Waals surface area contributed by atoms with Crippen molar-refractivity contribution in [3.05, 3.63) is 229 Å². The highest BCUT2D eigenvalue weighted by Gasteiger charge is 2.20. The molecule has 0 bridgehead atoms. The van der Waals surface area contributed by atoms with Crippen molar-refractivity contribution in [2.24, 2.45) is 15.7 Å². The second-order valence-corrected chi connectivity index (χ2v) is 16.4. The predicted molar refractivity (Wildman–Crippen MR) is 266 cm³/mol. The van der Waals surface area contributed by atoms with E-state index in [2.05, 4.69) is 198 Å². The van der Waals surface area contributed by atoms with E-state index in [9.17, 15) is 0 Å². The zero-order chi connectivity index (χ0) is 42.0. The number of aromatic nitrogens is 2. The highest BCUT2D eigenvalue weighted by molar-refractivity contribution is 6.23. The number of amidine groups is 2. The van der Waals surface area contributed by atoms with Crippen molar-refractivity contribution < 1.29 is 0 Å². The highest BCUT2D eigenvalue weighted by Crippen LogP contribution is 2.42. The minimum Gasteiger partial charge on any atom is -0.383 e. The first-order valence-electron chi connectivity index (χ1n) is 21.5. The number of benzene rings is 10. The van der Waals surface area contributed by atoms with Crippen molar-refractivity contribution in [3.8, 4) is 11.4 Å². The van der Waals surface area contributed by atoms with Gasteiger partial charge in [-0.05, 0) is 94.0 Å². The minimum atomic E-state index is -0.130. The fourth-order valence-corrected chi connectivity index (χ4v) is 9.55. The smallest absolute Gasteiger partial charge is 0.157 e. The lowest BCUT2D eigenvalue weighted by Gasteiger charge is -2.12. The van der Waals surface area contributed by atoms with Crippen LogP contribution in [0, 0.1) is 0 Å². The fourth-order valence-electron chi connectivity index (χ4n) is 9.55. The summed E-state index contributed by atoms with van der Waals surface area (Å²) in [6.07, 6.45) is 0. The Morgan fingerprint density at radius 3 is 1.87 bits per heavy atom. The third-order valence-corrected chi connectivity index (χ3v) is 12.7. The van der Waals surface area contributed by atoms with Gasteiger partial charge in [-0.2, -0.15) is 0 Å². The van der Waals surface area contributed by atoms with Crippen LogP contribution in [0.15, 0.2) is 222 Å². The average molecular weight is 808 g/mol. The van der Waals surface area contributed by atoms with Crippen LogP contribution in [0.4, 0.5) is 0 Å². The summed E-state index contributed by atoms with van der Waals surface area (Å²) in [6, 6.07) is 75.5. The van der Waals surface area contributed by atoms with E-state index in [1.165, 1.54) is 59.6 Å². The maximum atomic E-state index is 6.87. The van der Waals surface area contributed by atoms with E-state index in [1.54, 1.807) is 0 Å². The lowest BCUT2D eigenvalue weighted by molar-refractivity contribution is 0.820. The zero-order valence-corrected chi connectivity index (χ0v) is 34.7. The van der Waals surface area contributed by atoms with E-state index in [0.717, 1.165) is 44.4 Å². The maximum absolute atomic E-state index is 6.87. The Morgan fingerprint density at radius 1 is 0.413 bits per heavy atom. The van der Waals surface area contributed by atoms with Crippen molar-refractivity contribution in [3.63, 3.8) is 0 Å². The molecule has 0 aliphatic rings. The van der Waals surface area contributed by atoms with Crippen LogP contribution in [0.5, 0.6) is 0 Å². The van der Waals surface area contributed by atoms with Gasteiger partial charge in [0.1, 0.15) is 5.84 Å². The molecule has 2 heterocycles. The SMILES string of the molecule is CC(/N=C(\N=C(/N)c1ccc2cc(-n3c4ccccc4c4cc5c6ccc7ccccc7c6n(-c6ccccc6)c5cc43)ccc2c1)c1ccccc1)c1ccc2ccccc2c1. The van der Waals surface area contributed by atoms with E-state index in [0.29, 0.717) is 11.7 Å². The molecule has 0 saturated carbocycles. The monoisotopic (exact) mass is 807 g/mol. The van der Waals surface area contributed by atoms with Crippen molar-refractivity contribution in [1.29, 1.82) is 0 Å². The first-order valence-corrected chi connectivity index (χ1v) is 21.5. The fraction of sp³-hybridized carbons (Fsp3) is 0.0345. The molecule has 10 aromatic carbocycles. The van der Waals surface area contributed by atoms with E-state index in [1.807, 2.05) is 30.3 Å². The van der Waals surface area contributed by atoms with Gasteiger partial charge in [0.2, 0.25) is 0 Å². The van der Waals surface area contributed by atoms with Crippen LogP contribution in [0.1, 0.15) is 29.7 Å². The summed E-state index contributed by atoms with van der Waals surface area (Å²) in [5.74, 6) is 1.02. The largest absolute Gasteiger partial charge is 0.383 e. The molecular formula is C58H41N5. The van der Waals surface area contributed by atoms with Crippen LogP contribution in [0.2, 0.25) is 0 Å². The summed E-state index contributed by atoms with van der Waals surface area (Å²) >= 11 is 0. The van der Waals surface area contributed by atoms with E-state index >= 15 is 0 Å². The summed E-state index contributed by atoms with van der Waals surface area (Å²) in [5, 5.41) is 12.0. The number of nitrogens with two attached hydrogens (primary N) is 1. The lowest BCUT2D eigenvalue weighted by Crippen LogP contribution is -2.16. The standard InChI is InChI=1S/C58H41N5/c1-37(41-25-24-38-14-8-9-18-42(38)32-41)60-58(40-16-4-2-5-17-40)61-57(59)45-27-26-44-34-47(30-28-43(44)33-45)62-53-23-13-12-22-49(53)51-35-52-50-31-29-39-15-10-11-21-48(39)56(50)63(55(52)36-54(51)62)46-19-6-3-7-20-46/h2-37H,1H3,(H2,59,60,61). The summed E-state index contributed by atoms with van der Waals surface area (Å²) in [6.45, 7) is 2.11. The second kappa shape index (κ2) is 14.7. The van der Waals surface area contributed by atoms with Crippen LogP contribution >= 0.6 is 0 Å². The first kappa shape index (κ1) is 36.6. The van der Waals surface area contributed by atoms with Crippen molar-refractivity contribution in [1.82, 2.24) is 9.13 Å². The lowest BCUT2D eigenvalue weighted by atomic mass is 10.0. The third-order valence-electron chi connectivity index (χ3n) is 12.7. The van der Waals surface area contributed by atoms with Gasteiger partial charge in [0.25, 0.3) is 0 Å². The zero-order valence-electron chi connectivity index (χ0n) is 34.7. The second-order valence-electron chi connectivity index (χ2n) is 16.4. The van der Waals surface area contributed by atoms with E-state index < -0.39 is 0 Å². The number of hydrogen-bond acceptors (Lipinski definition) is 1. The first-order chi connectivity index (χ1) is 31.1. The van der Waals surface area contributed by atoms with Gasteiger partial charge in [0.15, 0.2) is 5.84 Å². The van der Waals surface area contributed by atoms with Gasteiger partial charge in [-0.15, -0.1) is 0 Å². The molecule has 12 aromatic rings. The van der Waals surface area contributed by atoms with E-state index in [-0.39, 0.29) is 6.04 Å². The molecule has 5 heteroatoms. The van der Waals surface area contributed by atoms with Crippen LogP contribution in [0.3, 0.4) is 0 Å². The molecule has 0 aliphatic heterocycles. The molecule has 0 saturated heterocycles. The third kappa shape index (κ3) is 6.16. The Hall–Kier alpha value is -8.28. The van der Waals surface area contributed by atoms with E-state index in [4.69, 9.17) is 15.7 Å². The van der Waals surface area contributed by atoms with Crippen LogP contribution < -0.4 is 5.73 Å². The molecule has 63 heavy (non-hydrogen) atoms. The Kier molecular flexibility index (Phi) is 8.54. The molecule has 1 atom stereocenters. The molecule has 1 unspecified atom stereocenters. The molecular weight excluding hydrogens is 767 g/mol. The number of rotatable bonds is 6. The molecule has 0 amide bonds. The number of hydrogen-bond donors (Lipinski definition) is 1. The molecule has 0 radical (unpaired) electrons. The number of para-hydroxylation sites is 2. The Morgan fingerprint density at radius 2 is 1.03 bits per heavy atom. The predicted octanol–water partition coefficient (Wildman–Crippen LogP) is 14.3. The van der Waals surface area contributed by atoms with Crippen LogP contribution in [0.25, 0.3) is 87.3 Å². The molecule has 298 valence electrons. The van der Waals surface area contributed by atoms with Crippen LogP contribution in [-0.2, 0) is 0 Å². The normalized spacial score (nSPS) is 13.0. The summed E-state index contributed by atoms with van der Waals surface area (Å²) in [7, 11) is 0. The summed E-state index contributed by atoms with van der Waals surface area (Å²) in [5.41, 5.74) is 16.7. The van der Waals surface area contributed by atoms with Gasteiger partial charge in [-0.3, -0.25) is 4.99 Å². The van der Waals surface area contributed by atoms with Crippen molar-refractivity contribution in [2.45, 2.75) is 13.0 Å². The van der Waals surface area contributed by atoms with Gasteiger partial charge in [0.05, 0.1) is 28.1 Å². The maximum Gasteiger partial charge on any atom is 0.157 e. The molecule has 12 rings (SSSR count). The molecule has 2 aromatic heterocycles. The number of nitrogens with zero attached hydrogens (tertiary/aromatic N) is 4. The van der Waals surface area contributed by atoms with Crippen molar-refractivity contribution in [2.75, 3.05) is 0 Å². The van der Waals surface area contributed by atoms with Gasteiger partial charge in [-0.25, -0.2) is 4.99 Å². The molecule has 0 spiro atoms. The molecule has 0 fully saturated rings. The highest BCUT2D eigenvalue weighted by atomic mass is 15.0. The van der Waals surface area contributed by atoms with Crippen LogP contribution in [-0.4, -0.2) is 20.8 Å². The van der Waals surface area contributed by atoms with Crippen molar-refractivity contribution >= 4 is 87.6 Å². The minimum absolute atomic E-state index is 0.130. The average Bonchev–Trinajstić information content (AvgIpc) is 3.85. The number of aliphatic imine (C=N–C) groups is 2. The quantitative estimate of drug-likeness (QED) is 0.132. The molecule has 5 nitrogen and oxygen atoms in total.